The van der Waals surface area contributed by atoms with Crippen molar-refractivity contribution < 1.29 is 19.1 Å². The van der Waals surface area contributed by atoms with Gasteiger partial charge in [-0.3, -0.25) is 9.69 Å². The molecule has 1 heterocycles. The minimum atomic E-state index is -0.584. The second kappa shape index (κ2) is 10.5. The summed E-state index contributed by atoms with van der Waals surface area (Å²) in [7, 11) is 0. The Labute approximate surface area is 158 Å². The van der Waals surface area contributed by atoms with Crippen LogP contribution < -0.4 is 0 Å². The van der Waals surface area contributed by atoms with Crippen molar-refractivity contribution in [1.29, 1.82) is 0 Å². The molecular weight excluding hydrogens is 358 g/mol. The fourth-order valence-corrected chi connectivity index (χ4v) is 3.86. The third kappa shape index (κ3) is 6.09. The van der Waals surface area contributed by atoms with E-state index in [1.807, 2.05) is 30.3 Å². The lowest BCUT2D eigenvalue weighted by Gasteiger charge is -2.22. The molecule has 1 aromatic carbocycles. The van der Waals surface area contributed by atoms with E-state index in [0.717, 1.165) is 12.0 Å². The van der Waals surface area contributed by atoms with Crippen molar-refractivity contribution in [3.63, 3.8) is 0 Å². The minimum absolute atomic E-state index is 0.115. The van der Waals surface area contributed by atoms with Gasteiger partial charge in [0.05, 0.1) is 13.2 Å². The highest BCUT2D eigenvalue weighted by molar-refractivity contribution is 8.23. The second-order valence-corrected chi connectivity index (χ2v) is 7.26. The van der Waals surface area contributed by atoms with Gasteiger partial charge >= 0.3 is 5.97 Å². The molecule has 0 N–H and O–H groups in total. The Morgan fingerprint density at radius 1 is 1.28 bits per heavy atom. The molecule has 1 aliphatic rings. The molecule has 1 saturated heterocycles. The number of benzene rings is 1. The molecule has 0 radical (unpaired) electrons. The normalized spacial score (nSPS) is 16.9. The van der Waals surface area contributed by atoms with E-state index in [9.17, 15) is 9.59 Å². The first-order valence-electron chi connectivity index (χ1n) is 8.40. The van der Waals surface area contributed by atoms with E-state index in [-0.39, 0.29) is 11.9 Å². The van der Waals surface area contributed by atoms with E-state index in [1.165, 1.54) is 16.7 Å². The zero-order chi connectivity index (χ0) is 18.1. The molecule has 5 nitrogen and oxygen atoms in total. The predicted molar refractivity (Wildman–Crippen MR) is 102 cm³/mol. The number of ether oxygens (including phenoxy) is 2. The Kier molecular flexibility index (Phi) is 8.37. The molecule has 0 bridgehead atoms. The van der Waals surface area contributed by atoms with Gasteiger partial charge in [0, 0.05) is 18.8 Å². The lowest BCUT2D eigenvalue weighted by molar-refractivity contribution is -0.150. The standard InChI is InChI=1S/C18H23NO4S2/c1-2-23-17(21)15-13-25-18(24)19(15)16(20)10-6-7-11-22-12-14-8-4-3-5-9-14/h3-5,8-9,15H,2,6-7,10-13H2,1H3/t15-/m0/s1. The maximum absolute atomic E-state index is 12.4. The monoisotopic (exact) mass is 381 g/mol. The maximum atomic E-state index is 12.4. The molecule has 7 heteroatoms. The summed E-state index contributed by atoms with van der Waals surface area (Å²) in [6.07, 6.45) is 1.84. The first-order valence-corrected chi connectivity index (χ1v) is 9.80. The van der Waals surface area contributed by atoms with Gasteiger partial charge in [-0.15, -0.1) is 0 Å². The highest BCUT2D eigenvalue weighted by Gasteiger charge is 2.39. The van der Waals surface area contributed by atoms with Crippen LogP contribution in [0.25, 0.3) is 0 Å². The molecule has 1 atom stereocenters. The summed E-state index contributed by atoms with van der Waals surface area (Å²) >= 11 is 6.56. The third-order valence-corrected chi connectivity index (χ3v) is 5.22. The lowest BCUT2D eigenvalue weighted by atomic mass is 10.2. The molecule has 2 rings (SSSR count). The van der Waals surface area contributed by atoms with Crippen LogP contribution in [0.3, 0.4) is 0 Å². The zero-order valence-electron chi connectivity index (χ0n) is 14.3. The molecule has 0 spiro atoms. The number of nitrogens with zero attached hydrogens (tertiary/aromatic N) is 1. The summed E-state index contributed by atoms with van der Waals surface area (Å²) < 4.78 is 11.1. The first-order chi connectivity index (χ1) is 12.1. The smallest absolute Gasteiger partial charge is 0.330 e. The van der Waals surface area contributed by atoms with Gasteiger partial charge in [0.2, 0.25) is 5.91 Å². The summed E-state index contributed by atoms with van der Waals surface area (Å²) in [6, 6.07) is 9.39. The average molecular weight is 382 g/mol. The number of thioether (sulfide) groups is 1. The van der Waals surface area contributed by atoms with Gasteiger partial charge in [0.1, 0.15) is 10.4 Å². The van der Waals surface area contributed by atoms with Crippen LogP contribution in [-0.4, -0.2) is 46.1 Å². The maximum Gasteiger partial charge on any atom is 0.330 e. The van der Waals surface area contributed by atoms with E-state index >= 15 is 0 Å². The fourth-order valence-electron chi connectivity index (χ4n) is 2.47. The highest BCUT2D eigenvalue weighted by atomic mass is 32.2. The number of carbonyl (C=O) groups is 2. The van der Waals surface area contributed by atoms with Gasteiger partial charge in [-0.1, -0.05) is 54.3 Å². The summed E-state index contributed by atoms with van der Waals surface area (Å²) in [6.45, 7) is 3.22. The molecule has 1 fully saturated rings. The van der Waals surface area contributed by atoms with E-state index in [1.54, 1.807) is 6.92 Å². The average Bonchev–Trinajstić information content (AvgIpc) is 3.00. The summed E-state index contributed by atoms with van der Waals surface area (Å²) in [5, 5.41) is 0. The molecule has 0 aromatic heterocycles. The van der Waals surface area contributed by atoms with Crippen LogP contribution in [0, 0.1) is 0 Å². The number of thiocarbonyl (C=S) groups is 1. The number of carbonyl (C=O) groups excluding carboxylic acids is 2. The number of unbranched alkanes of at least 4 members (excludes halogenated alkanes) is 1. The lowest BCUT2D eigenvalue weighted by Crippen LogP contribution is -2.44. The summed E-state index contributed by atoms with van der Waals surface area (Å²) in [4.78, 5) is 25.8. The van der Waals surface area contributed by atoms with Crippen LogP contribution in [0.2, 0.25) is 0 Å². The van der Waals surface area contributed by atoms with Gasteiger partial charge in [0.25, 0.3) is 0 Å². The van der Waals surface area contributed by atoms with E-state index in [0.29, 0.717) is 42.7 Å². The van der Waals surface area contributed by atoms with E-state index < -0.39 is 6.04 Å². The molecule has 0 saturated carbocycles. The van der Waals surface area contributed by atoms with E-state index in [4.69, 9.17) is 21.7 Å². The van der Waals surface area contributed by atoms with Crippen molar-refractivity contribution in [2.45, 2.75) is 38.8 Å². The number of hydrogen-bond donors (Lipinski definition) is 0. The number of esters is 1. The topological polar surface area (TPSA) is 55.8 Å². The summed E-state index contributed by atoms with van der Waals surface area (Å²) in [5.41, 5.74) is 1.13. The number of rotatable bonds is 9. The van der Waals surface area contributed by atoms with Crippen molar-refractivity contribution in [3.05, 3.63) is 35.9 Å². The number of amides is 1. The second-order valence-electron chi connectivity index (χ2n) is 5.60. The van der Waals surface area contributed by atoms with Crippen molar-refractivity contribution in [2.75, 3.05) is 19.0 Å². The highest BCUT2D eigenvalue weighted by Crippen LogP contribution is 2.26. The Hall–Kier alpha value is -1.44. The molecular formula is C18H23NO4S2. The molecule has 0 unspecified atom stereocenters. The van der Waals surface area contributed by atoms with Crippen molar-refractivity contribution >= 4 is 40.2 Å². The molecule has 0 aliphatic carbocycles. The minimum Gasteiger partial charge on any atom is -0.464 e. The first kappa shape index (κ1) is 19.9. The largest absolute Gasteiger partial charge is 0.464 e. The van der Waals surface area contributed by atoms with Crippen LogP contribution in [0.1, 0.15) is 31.7 Å². The Bertz CT molecular complexity index is 594. The third-order valence-electron chi connectivity index (χ3n) is 3.74. The molecule has 1 amide bonds. The van der Waals surface area contributed by atoms with Crippen molar-refractivity contribution in [3.8, 4) is 0 Å². The fraction of sp³-hybridized carbons (Fsp3) is 0.500. The summed E-state index contributed by atoms with van der Waals surface area (Å²) in [5.74, 6) is -0.0191. The van der Waals surface area contributed by atoms with Gasteiger partial charge in [-0.2, -0.15) is 0 Å². The van der Waals surface area contributed by atoms with Crippen LogP contribution in [0.4, 0.5) is 0 Å². The van der Waals surface area contributed by atoms with Crippen molar-refractivity contribution in [1.82, 2.24) is 4.90 Å². The van der Waals surface area contributed by atoms with Gasteiger partial charge in [-0.25, -0.2) is 4.79 Å². The van der Waals surface area contributed by atoms with Crippen molar-refractivity contribution in [2.24, 2.45) is 0 Å². The molecule has 1 aromatic rings. The van der Waals surface area contributed by atoms with Crippen LogP contribution >= 0.6 is 24.0 Å². The number of hydrogen-bond acceptors (Lipinski definition) is 6. The Morgan fingerprint density at radius 2 is 2.04 bits per heavy atom. The Morgan fingerprint density at radius 3 is 2.76 bits per heavy atom. The van der Waals surface area contributed by atoms with E-state index in [2.05, 4.69) is 0 Å². The zero-order valence-corrected chi connectivity index (χ0v) is 15.9. The van der Waals surface area contributed by atoms with Crippen LogP contribution in [0.15, 0.2) is 30.3 Å². The van der Waals surface area contributed by atoms with Gasteiger partial charge in [0.15, 0.2) is 0 Å². The molecule has 1 aliphatic heterocycles. The molecule has 25 heavy (non-hydrogen) atoms. The SMILES string of the molecule is CCOC(=O)[C@@H]1CSC(=S)N1C(=O)CCCCOCc1ccccc1. The van der Waals surface area contributed by atoms with Gasteiger partial charge in [-0.05, 0) is 25.3 Å². The predicted octanol–water partition coefficient (Wildman–Crippen LogP) is 3.17. The van der Waals surface area contributed by atoms with Crippen LogP contribution in [-0.2, 0) is 25.7 Å². The molecule has 136 valence electrons. The van der Waals surface area contributed by atoms with Gasteiger partial charge < -0.3 is 9.47 Å². The Balaban J connectivity index is 1.68. The quantitative estimate of drug-likeness (QED) is 0.372. The van der Waals surface area contributed by atoms with Crippen LogP contribution in [0.5, 0.6) is 0 Å².